The lowest BCUT2D eigenvalue weighted by atomic mass is 10.0. The van der Waals surface area contributed by atoms with Crippen LogP contribution in [0, 0.1) is 11.8 Å². The summed E-state index contributed by atoms with van der Waals surface area (Å²) in [7, 11) is 1.65. The average molecular weight is 374 g/mol. The number of ether oxygens (including phenoxy) is 1. The predicted octanol–water partition coefficient (Wildman–Crippen LogP) is 3.15. The van der Waals surface area contributed by atoms with E-state index in [1.165, 1.54) is 0 Å². The molecule has 138 valence electrons. The number of hydrogen-bond acceptors (Lipinski definition) is 4. The summed E-state index contributed by atoms with van der Waals surface area (Å²) < 4.78 is 5.19. The number of benzene rings is 2. The van der Waals surface area contributed by atoms with E-state index in [-0.39, 0.29) is 18.3 Å². The molecule has 1 amide bonds. The second kappa shape index (κ2) is 7.98. The number of nitrogens with one attached hydrogen (secondary N) is 2. The number of para-hydroxylation sites is 1. The van der Waals surface area contributed by atoms with E-state index in [0.717, 1.165) is 48.9 Å². The van der Waals surface area contributed by atoms with Crippen molar-refractivity contribution in [2.45, 2.75) is 0 Å². The largest absolute Gasteiger partial charge is 0.497 e. The number of anilines is 2. The monoisotopic (exact) mass is 373 g/mol. The van der Waals surface area contributed by atoms with Crippen LogP contribution in [-0.4, -0.2) is 44.1 Å². The van der Waals surface area contributed by atoms with Crippen molar-refractivity contribution in [1.29, 1.82) is 0 Å². The molecule has 2 aromatic rings. The number of nitrogens with zero attached hydrogens (tertiary/aromatic N) is 1. The van der Waals surface area contributed by atoms with E-state index in [1.807, 2.05) is 53.4 Å². The Balaban J connectivity index is 0.00000196. The van der Waals surface area contributed by atoms with Crippen molar-refractivity contribution in [3.05, 3.63) is 54.1 Å². The Morgan fingerprint density at radius 1 is 1.08 bits per heavy atom. The highest BCUT2D eigenvalue weighted by atomic mass is 35.5. The number of hydrogen-bond donors (Lipinski definition) is 2. The fourth-order valence-corrected chi connectivity index (χ4v) is 3.80. The van der Waals surface area contributed by atoms with Crippen molar-refractivity contribution < 1.29 is 9.53 Å². The molecular formula is C20H24ClN3O2. The highest BCUT2D eigenvalue weighted by molar-refractivity contribution is 6.00. The Kier molecular flexibility index (Phi) is 5.69. The highest BCUT2D eigenvalue weighted by Crippen LogP contribution is 2.30. The molecule has 0 saturated carbocycles. The third kappa shape index (κ3) is 3.64. The highest BCUT2D eigenvalue weighted by Gasteiger charge is 2.38. The first-order valence-corrected chi connectivity index (χ1v) is 8.74. The summed E-state index contributed by atoms with van der Waals surface area (Å²) >= 11 is 0. The van der Waals surface area contributed by atoms with Gasteiger partial charge >= 0.3 is 0 Å². The molecule has 5 nitrogen and oxygen atoms in total. The molecule has 0 aromatic heterocycles. The standard InChI is InChI=1S/C20H23N3O2.ClH/c1-25-17-8-6-16(7-9-17)22-19-5-3-2-4-18(19)20(24)23-12-14-10-21-11-15(14)13-23;/h2-9,14-15,21-22H,10-13H2,1H3;1H/t14-,15+;. The number of halogens is 1. The van der Waals surface area contributed by atoms with E-state index >= 15 is 0 Å². The normalized spacial score (nSPS) is 21.0. The van der Waals surface area contributed by atoms with Crippen molar-refractivity contribution in [2.24, 2.45) is 11.8 Å². The molecule has 0 radical (unpaired) electrons. The minimum absolute atomic E-state index is 0. The van der Waals surface area contributed by atoms with E-state index in [0.29, 0.717) is 11.8 Å². The van der Waals surface area contributed by atoms with Gasteiger partial charge in [-0.25, -0.2) is 0 Å². The minimum atomic E-state index is 0. The molecule has 4 rings (SSSR count). The van der Waals surface area contributed by atoms with Gasteiger partial charge in [-0.15, -0.1) is 12.4 Å². The molecule has 26 heavy (non-hydrogen) atoms. The van der Waals surface area contributed by atoms with Gasteiger partial charge in [0.15, 0.2) is 0 Å². The van der Waals surface area contributed by atoms with Crippen molar-refractivity contribution >= 4 is 29.7 Å². The fraction of sp³-hybridized carbons (Fsp3) is 0.350. The maximum atomic E-state index is 13.0. The van der Waals surface area contributed by atoms with Crippen LogP contribution in [0.3, 0.4) is 0 Å². The Bertz CT molecular complexity index is 754. The molecule has 2 heterocycles. The third-order valence-corrected chi connectivity index (χ3v) is 5.20. The van der Waals surface area contributed by atoms with Crippen LogP contribution in [0.25, 0.3) is 0 Å². The maximum absolute atomic E-state index is 13.0. The number of rotatable bonds is 4. The Morgan fingerprint density at radius 2 is 1.73 bits per heavy atom. The van der Waals surface area contributed by atoms with Crippen molar-refractivity contribution in [1.82, 2.24) is 10.2 Å². The van der Waals surface area contributed by atoms with Gasteiger partial charge in [-0.1, -0.05) is 12.1 Å². The van der Waals surface area contributed by atoms with E-state index in [2.05, 4.69) is 10.6 Å². The summed E-state index contributed by atoms with van der Waals surface area (Å²) in [5.41, 5.74) is 2.50. The lowest BCUT2D eigenvalue weighted by Gasteiger charge is -2.20. The zero-order valence-electron chi connectivity index (χ0n) is 14.8. The molecule has 0 spiro atoms. The molecule has 2 saturated heterocycles. The molecular weight excluding hydrogens is 350 g/mol. The predicted molar refractivity (Wildman–Crippen MR) is 106 cm³/mol. The van der Waals surface area contributed by atoms with Crippen LogP contribution in [0.2, 0.25) is 0 Å². The third-order valence-electron chi connectivity index (χ3n) is 5.20. The van der Waals surface area contributed by atoms with Gasteiger partial charge in [0.2, 0.25) is 0 Å². The Hall–Kier alpha value is -2.24. The zero-order chi connectivity index (χ0) is 17.2. The van der Waals surface area contributed by atoms with Crippen LogP contribution in [0.5, 0.6) is 5.75 Å². The number of carbonyl (C=O) groups is 1. The summed E-state index contributed by atoms with van der Waals surface area (Å²) in [6, 6.07) is 15.4. The topological polar surface area (TPSA) is 53.6 Å². The summed E-state index contributed by atoms with van der Waals surface area (Å²) in [5.74, 6) is 2.13. The lowest BCUT2D eigenvalue weighted by molar-refractivity contribution is 0.0782. The molecule has 2 fully saturated rings. The van der Waals surface area contributed by atoms with E-state index in [9.17, 15) is 4.79 Å². The summed E-state index contributed by atoms with van der Waals surface area (Å²) in [5, 5.41) is 6.78. The first-order chi connectivity index (χ1) is 12.2. The van der Waals surface area contributed by atoms with Crippen LogP contribution in [0.15, 0.2) is 48.5 Å². The summed E-state index contributed by atoms with van der Waals surface area (Å²) in [6.07, 6.45) is 0. The average Bonchev–Trinajstić information content (AvgIpc) is 3.24. The molecule has 2 aliphatic heterocycles. The maximum Gasteiger partial charge on any atom is 0.255 e. The van der Waals surface area contributed by atoms with Crippen LogP contribution >= 0.6 is 12.4 Å². The molecule has 0 unspecified atom stereocenters. The number of amides is 1. The number of carbonyl (C=O) groups excluding carboxylic acids is 1. The molecule has 2 N–H and O–H groups in total. The Morgan fingerprint density at radius 3 is 2.38 bits per heavy atom. The number of likely N-dealkylation sites (tertiary alicyclic amines) is 1. The van der Waals surface area contributed by atoms with Crippen molar-refractivity contribution in [3.63, 3.8) is 0 Å². The van der Waals surface area contributed by atoms with Gasteiger partial charge in [0.1, 0.15) is 5.75 Å². The molecule has 2 aromatic carbocycles. The molecule has 2 aliphatic rings. The van der Waals surface area contributed by atoms with E-state index in [4.69, 9.17) is 4.74 Å². The van der Waals surface area contributed by atoms with Crippen LogP contribution in [0.4, 0.5) is 11.4 Å². The van der Waals surface area contributed by atoms with Crippen molar-refractivity contribution in [2.75, 3.05) is 38.6 Å². The van der Waals surface area contributed by atoms with Gasteiger partial charge in [0.05, 0.1) is 18.4 Å². The quantitative estimate of drug-likeness (QED) is 0.864. The van der Waals surface area contributed by atoms with E-state index in [1.54, 1.807) is 7.11 Å². The minimum Gasteiger partial charge on any atom is -0.497 e. The SMILES string of the molecule is COc1ccc(Nc2ccccc2C(=O)N2C[C@H]3CNC[C@H]3C2)cc1.Cl. The van der Waals surface area contributed by atoms with Crippen LogP contribution < -0.4 is 15.4 Å². The molecule has 6 heteroatoms. The molecule has 0 bridgehead atoms. The second-order valence-corrected chi connectivity index (χ2v) is 6.79. The zero-order valence-corrected chi connectivity index (χ0v) is 15.6. The van der Waals surface area contributed by atoms with Crippen molar-refractivity contribution in [3.8, 4) is 5.75 Å². The van der Waals surface area contributed by atoms with Crippen LogP contribution in [-0.2, 0) is 0 Å². The van der Waals surface area contributed by atoms with Gasteiger partial charge in [-0.3, -0.25) is 4.79 Å². The van der Waals surface area contributed by atoms with Gasteiger partial charge in [0, 0.05) is 31.9 Å². The molecule has 0 aliphatic carbocycles. The number of methoxy groups -OCH3 is 1. The Labute approximate surface area is 160 Å². The molecule has 2 atom stereocenters. The fourth-order valence-electron chi connectivity index (χ4n) is 3.80. The summed E-state index contributed by atoms with van der Waals surface area (Å²) in [4.78, 5) is 15.0. The second-order valence-electron chi connectivity index (χ2n) is 6.79. The smallest absolute Gasteiger partial charge is 0.255 e. The first-order valence-electron chi connectivity index (χ1n) is 8.74. The van der Waals surface area contributed by atoms with E-state index < -0.39 is 0 Å². The summed E-state index contributed by atoms with van der Waals surface area (Å²) in [6.45, 7) is 3.77. The van der Waals surface area contributed by atoms with Gasteiger partial charge in [0.25, 0.3) is 5.91 Å². The lowest BCUT2D eigenvalue weighted by Crippen LogP contribution is -2.32. The first kappa shape index (κ1) is 18.5. The van der Waals surface area contributed by atoms with Gasteiger partial charge in [-0.2, -0.15) is 0 Å². The van der Waals surface area contributed by atoms with Gasteiger partial charge in [-0.05, 0) is 48.2 Å². The van der Waals surface area contributed by atoms with Gasteiger partial charge < -0.3 is 20.3 Å². The van der Waals surface area contributed by atoms with Crippen LogP contribution in [0.1, 0.15) is 10.4 Å². The number of fused-ring (bicyclic) bond motifs is 1.